The maximum Gasteiger partial charge on any atom is 0.253 e. The number of β-amino-alcohol motifs (C(OH)–C–C–N with tert-alkyl or cyclic N) is 1. The minimum atomic E-state index is -0.551. The third-order valence-corrected chi connectivity index (χ3v) is 4.37. The van der Waals surface area contributed by atoms with E-state index in [1.54, 1.807) is 17.0 Å². The van der Waals surface area contributed by atoms with Gasteiger partial charge in [0.05, 0.1) is 24.3 Å². The van der Waals surface area contributed by atoms with Crippen molar-refractivity contribution in [3.05, 3.63) is 47.0 Å². The van der Waals surface area contributed by atoms with Crippen LogP contribution in [0.5, 0.6) is 0 Å². The van der Waals surface area contributed by atoms with Gasteiger partial charge in [-0.25, -0.2) is 4.39 Å². The molecule has 1 fully saturated rings. The molecule has 0 aliphatic carbocycles. The molecule has 4 nitrogen and oxygen atoms in total. The topological polar surface area (TPSA) is 49.8 Å². The summed E-state index contributed by atoms with van der Waals surface area (Å²) in [4.78, 5) is 14.5. The summed E-state index contributed by atoms with van der Waals surface area (Å²) in [7, 11) is 0. The lowest BCUT2D eigenvalue weighted by Gasteiger charge is -2.28. The van der Waals surface area contributed by atoms with Crippen LogP contribution < -0.4 is 0 Å². The number of hydrogen-bond acceptors (Lipinski definition) is 3. The van der Waals surface area contributed by atoms with Crippen LogP contribution >= 0.6 is 0 Å². The van der Waals surface area contributed by atoms with Crippen LogP contribution in [0.3, 0.4) is 0 Å². The van der Waals surface area contributed by atoms with Crippen LogP contribution in [0.1, 0.15) is 37.8 Å². The Hall–Kier alpha value is -1.88. The molecular formula is C17H20FNO3. The summed E-state index contributed by atoms with van der Waals surface area (Å²) in [5.41, 5.74) is 1.54. The first kappa shape index (κ1) is 15.0. The standard InChI is InChI=1S/C17H20FNO3/c1-11-15(3-2-8-22-11)17(21)19-10-14(20)9-16(19)12-4-6-13(18)7-5-12/h4-7,14,16,20H,2-3,8-10H2,1H3/t14-,16-/m1/s1. The Morgan fingerprint density at radius 2 is 2.09 bits per heavy atom. The molecule has 0 aromatic heterocycles. The summed E-state index contributed by atoms with van der Waals surface area (Å²) in [6, 6.07) is 5.91. The van der Waals surface area contributed by atoms with Crippen molar-refractivity contribution in [1.82, 2.24) is 4.90 Å². The number of aliphatic hydroxyl groups excluding tert-OH is 1. The number of carbonyl (C=O) groups excluding carboxylic acids is 1. The van der Waals surface area contributed by atoms with E-state index < -0.39 is 6.10 Å². The number of benzene rings is 1. The number of nitrogens with zero attached hydrogens (tertiary/aromatic N) is 1. The quantitative estimate of drug-likeness (QED) is 0.913. The fourth-order valence-corrected chi connectivity index (χ4v) is 3.21. The number of hydrogen-bond donors (Lipinski definition) is 1. The Morgan fingerprint density at radius 1 is 1.36 bits per heavy atom. The van der Waals surface area contributed by atoms with Crippen molar-refractivity contribution < 1.29 is 19.0 Å². The molecule has 2 heterocycles. The van der Waals surface area contributed by atoms with Gasteiger partial charge in [-0.05, 0) is 43.9 Å². The van der Waals surface area contributed by atoms with Gasteiger partial charge >= 0.3 is 0 Å². The van der Waals surface area contributed by atoms with Crippen molar-refractivity contribution in [1.29, 1.82) is 0 Å². The van der Waals surface area contributed by atoms with E-state index in [0.29, 0.717) is 37.3 Å². The zero-order valence-electron chi connectivity index (χ0n) is 12.6. The maximum absolute atomic E-state index is 13.1. The van der Waals surface area contributed by atoms with Crippen LogP contribution in [-0.2, 0) is 9.53 Å². The van der Waals surface area contributed by atoms with Gasteiger partial charge < -0.3 is 14.7 Å². The zero-order chi connectivity index (χ0) is 15.7. The molecule has 22 heavy (non-hydrogen) atoms. The van der Waals surface area contributed by atoms with Gasteiger partial charge in [0, 0.05) is 6.54 Å². The summed E-state index contributed by atoms with van der Waals surface area (Å²) in [6.45, 7) is 2.76. The van der Waals surface area contributed by atoms with E-state index in [-0.39, 0.29) is 17.8 Å². The largest absolute Gasteiger partial charge is 0.498 e. The van der Waals surface area contributed by atoms with Gasteiger partial charge in [-0.1, -0.05) is 12.1 Å². The van der Waals surface area contributed by atoms with Crippen LogP contribution in [0.25, 0.3) is 0 Å². The molecule has 0 saturated carbocycles. The van der Waals surface area contributed by atoms with Gasteiger partial charge in [0.2, 0.25) is 0 Å². The van der Waals surface area contributed by atoms with Crippen LogP contribution in [0.2, 0.25) is 0 Å². The number of likely N-dealkylation sites (tertiary alicyclic amines) is 1. The summed E-state index contributed by atoms with van der Waals surface area (Å²) in [5.74, 6) is 0.290. The Balaban J connectivity index is 1.87. The zero-order valence-corrected chi connectivity index (χ0v) is 12.6. The maximum atomic E-state index is 13.1. The van der Waals surface area contributed by atoms with Crippen molar-refractivity contribution in [3.63, 3.8) is 0 Å². The minimum absolute atomic E-state index is 0.0805. The van der Waals surface area contributed by atoms with Gasteiger partial charge in [0.15, 0.2) is 0 Å². The first-order chi connectivity index (χ1) is 10.6. The average Bonchev–Trinajstić information content (AvgIpc) is 2.90. The summed E-state index contributed by atoms with van der Waals surface area (Å²) in [6.07, 6.45) is 1.46. The average molecular weight is 305 g/mol. The fourth-order valence-electron chi connectivity index (χ4n) is 3.21. The highest BCUT2D eigenvalue weighted by atomic mass is 19.1. The predicted molar refractivity (Wildman–Crippen MR) is 79.4 cm³/mol. The van der Waals surface area contributed by atoms with Crippen molar-refractivity contribution in [2.45, 2.75) is 38.3 Å². The number of carbonyl (C=O) groups is 1. The van der Waals surface area contributed by atoms with Crippen LogP contribution in [0, 0.1) is 5.82 Å². The second-order valence-electron chi connectivity index (χ2n) is 5.90. The molecule has 118 valence electrons. The molecule has 5 heteroatoms. The molecule has 3 rings (SSSR count). The highest BCUT2D eigenvalue weighted by Crippen LogP contribution is 2.35. The summed E-state index contributed by atoms with van der Waals surface area (Å²) < 4.78 is 18.6. The lowest BCUT2D eigenvalue weighted by molar-refractivity contribution is -0.129. The Morgan fingerprint density at radius 3 is 2.77 bits per heavy atom. The molecule has 2 aliphatic heterocycles. The Bertz CT molecular complexity index is 596. The molecule has 0 unspecified atom stereocenters. The van der Waals surface area contributed by atoms with Crippen LogP contribution in [-0.4, -0.2) is 35.2 Å². The lowest BCUT2D eigenvalue weighted by Crippen LogP contribution is -2.34. The molecule has 0 bridgehead atoms. The number of aliphatic hydroxyl groups is 1. The predicted octanol–water partition coefficient (Wildman–Crippen LogP) is 2.54. The third-order valence-electron chi connectivity index (χ3n) is 4.37. The Kier molecular flexibility index (Phi) is 4.16. The van der Waals surface area contributed by atoms with Gasteiger partial charge in [-0.15, -0.1) is 0 Å². The molecular weight excluding hydrogens is 285 g/mol. The minimum Gasteiger partial charge on any atom is -0.498 e. The summed E-state index contributed by atoms with van der Waals surface area (Å²) >= 11 is 0. The number of allylic oxidation sites excluding steroid dienone is 1. The highest BCUT2D eigenvalue weighted by Gasteiger charge is 2.37. The van der Waals surface area contributed by atoms with Crippen molar-refractivity contribution in [2.24, 2.45) is 0 Å². The molecule has 1 amide bonds. The number of halogens is 1. The normalized spacial score (nSPS) is 25.3. The van der Waals surface area contributed by atoms with E-state index in [1.807, 2.05) is 6.92 Å². The molecule has 0 spiro atoms. The second kappa shape index (κ2) is 6.08. The van der Waals surface area contributed by atoms with Crippen molar-refractivity contribution in [3.8, 4) is 0 Å². The van der Waals surface area contributed by atoms with Crippen molar-refractivity contribution >= 4 is 5.91 Å². The SMILES string of the molecule is CC1=C(C(=O)N2C[C@H](O)C[C@@H]2c2ccc(F)cc2)CCCO1. The second-order valence-corrected chi connectivity index (χ2v) is 5.90. The van der Waals surface area contributed by atoms with Crippen LogP contribution in [0.15, 0.2) is 35.6 Å². The summed E-state index contributed by atoms with van der Waals surface area (Å²) in [5, 5.41) is 9.98. The fraction of sp³-hybridized carbons (Fsp3) is 0.471. The first-order valence-corrected chi connectivity index (χ1v) is 7.63. The molecule has 0 radical (unpaired) electrons. The monoisotopic (exact) mass is 305 g/mol. The number of rotatable bonds is 2. The van der Waals surface area contributed by atoms with Gasteiger partial charge in [-0.3, -0.25) is 4.79 Å². The smallest absolute Gasteiger partial charge is 0.253 e. The van der Waals surface area contributed by atoms with Gasteiger partial charge in [0.1, 0.15) is 11.6 Å². The van der Waals surface area contributed by atoms with Gasteiger partial charge in [-0.2, -0.15) is 0 Å². The Labute approximate surface area is 129 Å². The first-order valence-electron chi connectivity index (χ1n) is 7.63. The molecule has 2 aliphatic rings. The van der Waals surface area contributed by atoms with E-state index in [4.69, 9.17) is 4.74 Å². The molecule has 1 N–H and O–H groups in total. The molecule has 2 atom stereocenters. The lowest BCUT2D eigenvalue weighted by atomic mass is 10.0. The third kappa shape index (κ3) is 2.86. The van der Waals surface area contributed by atoms with E-state index in [1.165, 1.54) is 12.1 Å². The highest BCUT2D eigenvalue weighted by molar-refractivity contribution is 5.94. The molecule has 1 aromatic carbocycles. The number of ether oxygens (including phenoxy) is 1. The van der Waals surface area contributed by atoms with E-state index in [0.717, 1.165) is 12.0 Å². The van der Waals surface area contributed by atoms with Crippen LogP contribution in [0.4, 0.5) is 4.39 Å². The van der Waals surface area contributed by atoms with E-state index in [2.05, 4.69) is 0 Å². The van der Waals surface area contributed by atoms with E-state index in [9.17, 15) is 14.3 Å². The van der Waals surface area contributed by atoms with E-state index >= 15 is 0 Å². The molecule has 1 saturated heterocycles. The van der Waals surface area contributed by atoms with Crippen molar-refractivity contribution in [2.75, 3.05) is 13.2 Å². The van der Waals surface area contributed by atoms with Gasteiger partial charge in [0.25, 0.3) is 5.91 Å². The molecule has 1 aromatic rings. The number of amides is 1.